The Morgan fingerprint density at radius 1 is 0.782 bits per heavy atom. The number of hydrogen-bond acceptors (Lipinski definition) is 11. The Bertz CT molecular complexity index is 1830. The van der Waals surface area contributed by atoms with Gasteiger partial charge in [0.2, 0.25) is 29.5 Å². The van der Waals surface area contributed by atoms with Gasteiger partial charge in [-0.3, -0.25) is 28.9 Å². The first-order chi connectivity index (χ1) is 37.3. The molecule has 7 amide bonds. The van der Waals surface area contributed by atoms with Crippen LogP contribution in [-0.4, -0.2) is 207 Å². The molecule has 0 aromatic heterocycles. The minimum Gasteiger partial charge on any atom is -0.679 e. The maximum atomic E-state index is 14.5. The largest absolute Gasteiger partial charge is 0.679 e. The average molecular weight is 1300 g/mol. The van der Waals surface area contributed by atoms with Gasteiger partial charge in [-0.2, -0.15) is 13.1 Å². The van der Waals surface area contributed by atoms with Crippen LogP contribution in [0, 0.1) is 29.6 Å². The number of rotatable bonds is 33. The normalized spacial score (nSPS) is 17.7. The van der Waals surface area contributed by atoms with Crippen molar-refractivity contribution in [1.82, 2.24) is 41.3 Å². The quantitative estimate of drug-likeness (QED) is 0.0558. The van der Waals surface area contributed by atoms with Crippen LogP contribution in [0.5, 0.6) is 0 Å². The van der Waals surface area contributed by atoms with Gasteiger partial charge in [0.05, 0.1) is 69.1 Å². The number of hydrogen-bond donors (Lipinski definition) is 5. The first-order valence-corrected chi connectivity index (χ1v) is 30.5. The molecule has 0 bridgehead atoms. The number of ether oxygens (including phenoxy) is 4. The fourth-order valence-corrected chi connectivity index (χ4v) is 10.0. The van der Waals surface area contributed by atoms with Crippen LogP contribution in [0.1, 0.15) is 92.6 Å². The third-order valence-electron chi connectivity index (χ3n) is 14.4. The second-order valence-corrected chi connectivity index (χ2v) is 21.0. The zero-order valence-corrected chi connectivity index (χ0v) is 51.8. The first-order valence-electron chi connectivity index (χ1n) is 27.7. The van der Waals surface area contributed by atoms with Crippen molar-refractivity contribution in [2.24, 2.45) is 29.6 Å². The van der Waals surface area contributed by atoms with Crippen LogP contribution >= 0.6 is 9.42 Å². The molecule has 9 atom stereocenters. The predicted octanol–water partition coefficient (Wildman–Crippen LogP) is 5.37. The molecule has 78 heavy (non-hydrogen) atoms. The fourth-order valence-electron chi connectivity index (χ4n) is 10.0. The van der Waals surface area contributed by atoms with E-state index in [1.807, 2.05) is 90.9 Å². The molecule has 2 fully saturated rings. The van der Waals surface area contributed by atoms with Crippen molar-refractivity contribution in [2.45, 2.75) is 136 Å². The van der Waals surface area contributed by atoms with Crippen molar-refractivity contribution in [3.05, 3.63) is 52.7 Å². The Hall–Kier alpha value is -3.50. The van der Waals surface area contributed by atoms with Crippen LogP contribution in [0.3, 0.4) is 0 Å². The molecule has 23 heteroatoms. The van der Waals surface area contributed by atoms with Crippen LogP contribution < -0.4 is 26.6 Å². The number of benzene rings is 1. The van der Waals surface area contributed by atoms with E-state index in [0.29, 0.717) is 64.6 Å². The van der Waals surface area contributed by atoms with Crippen molar-refractivity contribution >= 4 is 45.0 Å². The molecule has 2 saturated heterocycles. The van der Waals surface area contributed by atoms with Gasteiger partial charge in [0, 0.05) is 53.9 Å². The monoisotopic (exact) mass is 1300 g/mol. The second-order valence-electron chi connectivity index (χ2n) is 21.0. The number of halogens is 1. The number of carbonyl (C=O) groups excluding carboxylic acids is 6. The van der Waals surface area contributed by atoms with E-state index < -0.39 is 48.3 Å². The minimum atomic E-state index is -0.903. The number of urea groups is 1. The smallest absolute Gasteiger partial charge is 0.171 e. The second kappa shape index (κ2) is 41.5. The van der Waals surface area contributed by atoms with Crippen molar-refractivity contribution in [1.29, 1.82) is 0 Å². The van der Waals surface area contributed by atoms with E-state index in [9.17, 15) is 28.8 Å². The van der Waals surface area contributed by atoms with Crippen molar-refractivity contribution in [3.8, 4) is 0 Å². The van der Waals surface area contributed by atoms with E-state index in [2.05, 4.69) is 41.3 Å². The Morgan fingerprint density at radius 2 is 1.38 bits per heavy atom. The average Bonchev–Trinajstić information content (AvgIpc) is 3.93. The van der Waals surface area contributed by atoms with E-state index in [4.69, 9.17) is 30.4 Å². The Morgan fingerprint density at radius 3 is 1.91 bits per heavy atom. The van der Waals surface area contributed by atoms with Crippen LogP contribution in [0.2, 0.25) is 0 Å². The number of likely N-dealkylation sites (tertiary alicyclic amines) is 1. The van der Waals surface area contributed by atoms with Crippen LogP contribution in [-0.2, 0) is 68.1 Å². The van der Waals surface area contributed by atoms with Crippen molar-refractivity contribution in [3.63, 3.8) is 0 Å². The number of nitrogens with one attached hydrogen (secondary N) is 7. The molecule has 2 heterocycles. The summed E-state index contributed by atoms with van der Waals surface area (Å²) in [5, 5.41) is 19.0. The number of nitrogens with zero attached hydrogens (tertiary/aromatic N) is 4. The van der Waals surface area contributed by atoms with Gasteiger partial charge in [0.25, 0.3) is 0 Å². The summed E-state index contributed by atoms with van der Waals surface area (Å²) >= 11 is 1.61. The number of carbonyl (C=O) groups is 6. The molecule has 0 radical (unpaired) electrons. The summed E-state index contributed by atoms with van der Waals surface area (Å²) in [6, 6.07) is 6.20. The van der Waals surface area contributed by atoms with Gasteiger partial charge >= 0.3 is 34.2 Å². The SMILES string of the molecule is CC[C@H](C)[C@@H]([C@@H](CC(=O)N1CCC[C@H]1[C@H](OC)[C@@H](C)C(=O)N[C@@H](Cc1ccccc1)C(=O)NCCOCCOCCNC(=O)NCC1CC[N-]CC1)OC)N(C)C(=O)[C@@H](NC(=O)[C@H](C(C)C)N(C)C)C(C)C.[Cl][Pt].[NH-]CC[NH-]. The van der Waals surface area contributed by atoms with Gasteiger partial charge in [0.1, 0.15) is 12.1 Å². The third-order valence-corrected chi connectivity index (χ3v) is 14.4. The summed E-state index contributed by atoms with van der Waals surface area (Å²) in [7, 11) is 13.1. The number of piperidine rings is 1. The van der Waals surface area contributed by atoms with Gasteiger partial charge in [-0.05, 0) is 56.2 Å². The molecule has 0 aliphatic carbocycles. The maximum Gasteiger partial charge on any atom is -0.171 e. The van der Waals surface area contributed by atoms with Crippen molar-refractivity contribution in [2.75, 3.05) is 114 Å². The fraction of sp³-hybridized carbons (Fsp3) is 0.782. The predicted molar refractivity (Wildman–Crippen MR) is 303 cm³/mol. The molecular formula is C55H98ClN11O10Pt-3. The van der Waals surface area contributed by atoms with E-state index >= 15 is 0 Å². The molecule has 2 aliphatic rings. The van der Waals surface area contributed by atoms with Crippen LogP contribution in [0.15, 0.2) is 30.3 Å². The maximum absolute atomic E-state index is 14.5. The Labute approximate surface area is 482 Å². The van der Waals surface area contributed by atoms with Crippen molar-refractivity contribution < 1.29 is 66.5 Å². The van der Waals surface area contributed by atoms with E-state index in [1.165, 1.54) is 7.11 Å². The van der Waals surface area contributed by atoms with E-state index in [-0.39, 0.29) is 92.4 Å². The standard InChI is InChI=1S/C53H92N9O10.C2H6N2.ClH.Pt/c1-13-37(6)47(61(10)52(67)45(35(2)3)59-51(66)46(36(4)5)60(8)9)43(69-11)33-44(63)62-27-17-20-42(62)48(70-12)38(7)49(64)58-41(32-39-18-15-14-16-19-39)50(65)55-25-28-71-30-31-72-29-26-56-53(68)57-34-40-21-23-54-24-22-40;3-1-2-4;;/h14-16,18-19,35-38,40-43,45-48H,13,17,20-34H2,1-12H3,(H,55,65)(H,58,64)(H,59,66)(H2,56,57,68);3-4H,1-2H2;1H;/q-1;-2;;+1/p-1/t37-,38+,41-,42-,43+,45-,46-,47-,48+;;;/m0.../s1. The summed E-state index contributed by atoms with van der Waals surface area (Å²) in [5.41, 5.74) is 13.4. The molecule has 0 saturated carbocycles. The van der Waals surface area contributed by atoms with E-state index in [0.717, 1.165) is 31.5 Å². The summed E-state index contributed by atoms with van der Waals surface area (Å²) in [6.45, 7) is 18.6. The topological polar surface area (TPSA) is 271 Å². The van der Waals surface area contributed by atoms with Gasteiger partial charge in [0.15, 0.2) is 0 Å². The number of amides is 7. The third kappa shape index (κ3) is 26.0. The molecule has 21 nitrogen and oxygen atoms in total. The molecular weight excluding hydrogens is 1210 g/mol. The van der Waals surface area contributed by atoms with Crippen LogP contribution in [0.25, 0.3) is 16.8 Å². The molecule has 3 rings (SSSR count). The van der Waals surface area contributed by atoms with Gasteiger partial charge in [-0.25, -0.2) is 4.79 Å². The first kappa shape index (κ1) is 72.5. The van der Waals surface area contributed by atoms with Crippen LogP contribution in [0.4, 0.5) is 4.79 Å². The summed E-state index contributed by atoms with van der Waals surface area (Å²) in [6.07, 6.45) is 2.91. The molecule has 1 aromatic rings. The molecule has 453 valence electrons. The number of likely N-dealkylation sites (N-methyl/N-ethyl adjacent to an activating group) is 2. The van der Waals surface area contributed by atoms with Gasteiger partial charge in [-0.15, -0.1) is 13.1 Å². The molecule has 0 unspecified atom stereocenters. The number of methoxy groups -OCH3 is 2. The summed E-state index contributed by atoms with van der Waals surface area (Å²) in [4.78, 5) is 87.6. The molecule has 7 N–H and O–H groups in total. The van der Waals surface area contributed by atoms with Gasteiger partial charge in [-0.1, -0.05) is 98.1 Å². The molecule has 2 aliphatic heterocycles. The Balaban J connectivity index is 0.00000483. The molecule has 0 spiro atoms. The molecule has 1 aromatic carbocycles. The zero-order valence-electron chi connectivity index (χ0n) is 48.8. The summed E-state index contributed by atoms with van der Waals surface area (Å²) < 4.78 is 23.4. The zero-order chi connectivity index (χ0) is 58.7. The van der Waals surface area contributed by atoms with E-state index in [1.54, 1.807) is 49.7 Å². The summed E-state index contributed by atoms with van der Waals surface area (Å²) in [5.74, 6) is -1.91. The van der Waals surface area contributed by atoms with Gasteiger partial charge < -0.3 is 72.1 Å². The Kier molecular flexibility index (Phi) is 38.6. The minimum absolute atomic E-state index is 0.0166.